The van der Waals surface area contributed by atoms with Crippen molar-refractivity contribution in [2.75, 3.05) is 20.3 Å². The molecule has 0 bridgehead atoms. The second kappa shape index (κ2) is 5.69. The summed E-state index contributed by atoms with van der Waals surface area (Å²) in [6.45, 7) is -1.07. The van der Waals surface area contributed by atoms with E-state index >= 15 is 0 Å². The molecule has 0 amide bonds. The predicted octanol–water partition coefficient (Wildman–Crippen LogP) is 1.56. The van der Waals surface area contributed by atoms with Crippen LogP contribution in [0.25, 0.3) is 11.0 Å². The molecule has 0 saturated carbocycles. The van der Waals surface area contributed by atoms with Crippen molar-refractivity contribution in [2.24, 2.45) is 0 Å². The Balaban J connectivity index is 2.43. The van der Waals surface area contributed by atoms with Gasteiger partial charge in [-0.2, -0.15) is 0 Å². The summed E-state index contributed by atoms with van der Waals surface area (Å²) < 4.78 is 18.7. The highest BCUT2D eigenvalue weighted by molar-refractivity contribution is 5.77. The Morgan fingerprint density at radius 3 is 2.84 bits per heavy atom. The smallest absolute Gasteiger partial charge is 0.134 e. The molecule has 0 spiro atoms. The standard InChI is InChI=1S/C14H18FNO3/c1-16-13(4-6-17)14(18,9-15)11-3-2-10-5-7-19-12(10)8-11/h2-3,5,7-8,13,16-18H,4,6,9H2,1H3/t13-,14+/m1/s1. The third-order valence-corrected chi connectivity index (χ3v) is 3.50. The van der Waals surface area contributed by atoms with Gasteiger partial charge in [0.1, 0.15) is 17.9 Å². The summed E-state index contributed by atoms with van der Waals surface area (Å²) in [5, 5.41) is 23.4. The minimum Gasteiger partial charge on any atom is -0.464 e. The molecule has 104 valence electrons. The lowest BCUT2D eigenvalue weighted by Crippen LogP contribution is -2.49. The van der Waals surface area contributed by atoms with Crippen molar-refractivity contribution in [3.05, 3.63) is 36.1 Å². The fourth-order valence-corrected chi connectivity index (χ4v) is 2.35. The molecule has 5 heteroatoms. The summed E-state index contributed by atoms with van der Waals surface area (Å²) in [5.41, 5.74) is -0.646. The van der Waals surface area contributed by atoms with Crippen molar-refractivity contribution in [2.45, 2.75) is 18.1 Å². The van der Waals surface area contributed by atoms with E-state index in [9.17, 15) is 9.50 Å². The molecule has 0 aliphatic rings. The largest absolute Gasteiger partial charge is 0.464 e. The number of rotatable bonds is 6. The lowest BCUT2D eigenvalue weighted by Gasteiger charge is -2.34. The maximum atomic E-state index is 13.4. The Labute approximate surface area is 110 Å². The van der Waals surface area contributed by atoms with Crippen molar-refractivity contribution in [1.29, 1.82) is 0 Å². The van der Waals surface area contributed by atoms with Crippen LogP contribution in [-0.2, 0) is 5.60 Å². The first-order chi connectivity index (χ1) is 9.15. The summed E-state index contributed by atoms with van der Waals surface area (Å²) >= 11 is 0. The summed E-state index contributed by atoms with van der Waals surface area (Å²) in [5.74, 6) is 0. The third-order valence-electron chi connectivity index (χ3n) is 3.50. The number of aliphatic hydroxyl groups excluding tert-OH is 1. The van der Waals surface area contributed by atoms with Gasteiger partial charge in [0.05, 0.1) is 6.26 Å². The van der Waals surface area contributed by atoms with Crippen LogP contribution in [0.5, 0.6) is 0 Å². The minimum absolute atomic E-state index is 0.128. The van der Waals surface area contributed by atoms with Gasteiger partial charge in [0.15, 0.2) is 0 Å². The number of hydrogen-bond donors (Lipinski definition) is 3. The lowest BCUT2D eigenvalue weighted by molar-refractivity contribution is -0.0293. The Morgan fingerprint density at radius 2 is 2.21 bits per heavy atom. The van der Waals surface area contributed by atoms with Crippen LogP contribution in [0, 0.1) is 0 Å². The van der Waals surface area contributed by atoms with Crippen molar-refractivity contribution >= 4 is 11.0 Å². The number of alkyl halides is 1. The summed E-state index contributed by atoms with van der Waals surface area (Å²) in [7, 11) is 1.63. The maximum absolute atomic E-state index is 13.4. The second-order valence-corrected chi connectivity index (χ2v) is 4.58. The Morgan fingerprint density at radius 1 is 1.42 bits per heavy atom. The van der Waals surface area contributed by atoms with Crippen molar-refractivity contribution in [1.82, 2.24) is 5.32 Å². The molecule has 3 N–H and O–H groups in total. The number of benzene rings is 1. The van der Waals surface area contributed by atoms with Gasteiger partial charge in [-0.05, 0) is 31.2 Å². The molecule has 2 atom stereocenters. The van der Waals surface area contributed by atoms with E-state index in [0.717, 1.165) is 5.39 Å². The molecule has 0 aliphatic carbocycles. The van der Waals surface area contributed by atoms with E-state index in [-0.39, 0.29) is 13.0 Å². The molecular weight excluding hydrogens is 249 g/mol. The summed E-state index contributed by atoms with van der Waals surface area (Å²) in [4.78, 5) is 0. The molecule has 1 aromatic heterocycles. The summed E-state index contributed by atoms with van der Waals surface area (Å²) in [6.07, 6.45) is 1.80. The summed E-state index contributed by atoms with van der Waals surface area (Å²) in [6, 6.07) is 6.32. The van der Waals surface area contributed by atoms with Crippen LogP contribution in [0.15, 0.2) is 34.9 Å². The molecular formula is C14H18FNO3. The highest BCUT2D eigenvalue weighted by Crippen LogP contribution is 2.30. The van der Waals surface area contributed by atoms with E-state index in [0.29, 0.717) is 11.1 Å². The average molecular weight is 267 g/mol. The van der Waals surface area contributed by atoms with Crippen LogP contribution < -0.4 is 5.32 Å². The highest BCUT2D eigenvalue weighted by atomic mass is 19.1. The molecule has 0 aliphatic heterocycles. The van der Waals surface area contributed by atoms with Gasteiger partial charge in [-0.15, -0.1) is 0 Å². The van der Waals surface area contributed by atoms with Crippen molar-refractivity contribution in [3.8, 4) is 0 Å². The van der Waals surface area contributed by atoms with E-state index in [4.69, 9.17) is 9.52 Å². The molecule has 1 aromatic carbocycles. The highest BCUT2D eigenvalue weighted by Gasteiger charge is 2.38. The number of likely N-dealkylation sites (N-methyl/N-ethyl adjacent to an activating group) is 1. The van der Waals surface area contributed by atoms with Gasteiger partial charge >= 0.3 is 0 Å². The van der Waals surface area contributed by atoms with Gasteiger partial charge < -0.3 is 19.9 Å². The molecule has 0 unspecified atom stereocenters. The first-order valence-electron chi connectivity index (χ1n) is 6.20. The first kappa shape index (κ1) is 14.0. The quantitative estimate of drug-likeness (QED) is 0.743. The number of nitrogens with one attached hydrogen (secondary N) is 1. The molecule has 2 rings (SSSR count). The molecule has 0 fully saturated rings. The Bertz CT molecular complexity index is 542. The monoisotopic (exact) mass is 267 g/mol. The average Bonchev–Trinajstić information content (AvgIpc) is 2.91. The van der Waals surface area contributed by atoms with Crippen LogP contribution in [0.3, 0.4) is 0 Å². The van der Waals surface area contributed by atoms with E-state index in [2.05, 4.69) is 5.32 Å². The lowest BCUT2D eigenvalue weighted by atomic mass is 9.85. The van der Waals surface area contributed by atoms with Crippen molar-refractivity contribution < 1.29 is 19.0 Å². The molecule has 19 heavy (non-hydrogen) atoms. The fourth-order valence-electron chi connectivity index (χ4n) is 2.35. The van der Waals surface area contributed by atoms with Crippen molar-refractivity contribution in [3.63, 3.8) is 0 Å². The van der Waals surface area contributed by atoms with Crippen LogP contribution >= 0.6 is 0 Å². The van der Waals surface area contributed by atoms with Gasteiger partial charge in [0.25, 0.3) is 0 Å². The van der Waals surface area contributed by atoms with Crippen LogP contribution in [-0.4, -0.2) is 36.6 Å². The van der Waals surface area contributed by atoms with E-state index < -0.39 is 18.3 Å². The van der Waals surface area contributed by atoms with Crippen LogP contribution in [0.4, 0.5) is 4.39 Å². The van der Waals surface area contributed by atoms with E-state index in [1.165, 1.54) is 0 Å². The normalized spacial score (nSPS) is 16.4. The Kier molecular flexibility index (Phi) is 4.19. The zero-order valence-electron chi connectivity index (χ0n) is 10.8. The Hall–Kier alpha value is -1.43. The number of fused-ring (bicyclic) bond motifs is 1. The number of aliphatic hydroxyl groups is 2. The topological polar surface area (TPSA) is 65.6 Å². The van der Waals surface area contributed by atoms with Crippen LogP contribution in [0.2, 0.25) is 0 Å². The van der Waals surface area contributed by atoms with E-state index in [1.54, 1.807) is 37.6 Å². The number of hydrogen-bond acceptors (Lipinski definition) is 4. The maximum Gasteiger partial charge on any atom is 0.134 e. The fraction of sp³-hybridized carbons (Fsp3) is 0.429. The zero-order valence-corrected chi connectivity index (χ0v) is 10.8. The number of furan rings is 1. The van der Waals surface area contributed by atoms with Gasteiger partial charge in [0.2, 0.25) is 0 Å². The molecule has 4 nitrogen and oxygen atoms in total. The number of halogens is 1. The minimum atomic E-state index is -1.68. The molecule has 0 saturated heterocycles. The first-order valence-corrected chi connectivity index (χ1v) is 6.20. The predicted molar refractivity (Wildman–Crippen MR) is 70.6 cm³/mol. The van der Waals surface area contributed by atoms with Gasteiger partial charge in [-0.1, -0.05) is 12.1 Å². The van der Waals surface area contributed by atoms with Gasteiger partial charge in [-0.25, -0.2) is 4.39 Å². The molecule has 1 heterocycles. The molecule has 2 aromatic rings. The molecule has 0 radical (unpaired) electrons. The zero-order chi connectivity index (χ0) is 13.9. The second-order valence-electron chi connectivity index (χ2n) is 4.58. The van der Waals surface area contributed by atoms with Gasteiger partial charge in [-0.3, -0.25) is 0 Å². The van der Waals surface area contributed by atoms with Crippen LogP contribution in [0.1, 0.15) is 12.0 Å². The van der Waals surface area contributed by atoms with E-state index in [1.807, 2.05) is 0 Å². The van der Waals surface area contributed by atoms with Gasteiger partial charge in [0, 0.05) is 18.0 Å². The SMILES string of the molecule is CN[C@H](CCO)[C@](O)(CF)c1ccc2ccoc2c1. The third kappa shape index (κ3) is 2.49.